The van der Waals surface area contributed by atoms with Gasteiger partial charge in [0.25, 0.3) is 5.91 Å². The van der Waals surface area contributed by atoms with Gasteiger partial charge in [0.05, 0.1) is 6.20 Å². The topological polar surface area (TPSA) is 58.1 Å². The molecule has 1 unspecified atom stereocenters. The molecule has 2 rings (SSSR count). The van der Waals surface area contributed by atoms with Crippen LogP contribution < -0.4 is 5.32 Å². The summed E-state index contributed by atoms with van der Waals surface area (Å²) in [6, 6.07) is 0.388. The first-order valence-corrected chi connectivity index (χ1v) is 6.45. The maximum absolute atomic E-state index is 12.2. The number of nitrogens with zero attached hydrogens (tertiary/aromatic N) is 3. The predicted molar refractivity (Wildman–Crippen MR) is 69.2 cm³/mol. The van der Waals surface area contributed by atoms with Crippen LogP contribution in [0.1, 0.15) is 30.8 Å². The number of carbonyl (C=O) groups excluding carboxylic acids is 1. The summed E-state index contributed by atoms with van der Waals surface area (Å²) in [6.07, 6.45) is 5.75. The Bertz CT molecular complexity index is 393. The SMILES string of the molecule is CC(C)CC1CN(C(=O)c2cnccn2)CCN1. The monoisotopic (exact) mass is 248 g/mol. The van der Waals surface area contributed by atoms with Gasteiger partial charge in [0, 0.05) is 38.1 Å². The average molecular weight is 248 g/mol. The molecule has 1 aromatic rings. The van der Waals surface area contributed by atoms with E-state index in [-0.39, 0.29) is 5.91 Å². The molecule has 1 aliphatic rings. The Hall–Kier alpha value is -1.49. The fourth-order valence-electron chi connectivity index (χ4n) is 2.31. The normalized spacial score (nSPS) is 20.2. The highest BCUT2D eigenvalue weighted by molar-refractivity contribution is 5.92. The fourth-order valence-corrected chi connectivity index (χ4v) is 2.31. The molecule has 1 amide bonds. The second-order valence-electron chi connectivity index (χ2n) is 5.12. The van der Waals surface area contributed by atoms with Crippen LogP contribution in [-0.4, -0.2) is 46.5 Å². The summed E-state index contributed by atoms with van der Waals surface area (Å²) in [7, 11) is 0. The summed E-state index contributed by atoms with van der Waals surface area (Å²) < 4.78 is 0. The van der Waals surface area contributed by atoms with Gasteiger partial charge in [-0.3, -0.25) is 9.78 Å². The Labute approximate surface area is 108 Å². The molecule has 0 saturated carbocycles. The lowest BCUT2D eigenvalue weighted by molar-refractivity contribution is 0.0688. The third kappa shape index (κ3) is 3.26. The second-order valence-corrected chi connectivity index (χ2v) is 5.12. The lowest BCUT2D eigenvalue weighted by Crippen LogP contribution is -2.53. The lowest BCUT2D eigenvalue weighted by Gasteiger charge is -2.34. The molecular weight excluding hydrogens is 228 g/mol. The standard InChI is InChI=1S/C13H20N4O/c1-10(2)7-11-9-17(6-5-15-11)13(18)12-8-14-3-4-16-12/h3-4,8,10-11,15H,5-7,9H2,1-2H3. The van der Waals surface area contributed by atoms with Gasteiger partial charge in [0.2, 0.25) is 0 Å². The van der Waals surface area contributed by atoms with E-state index in [1.807, 2.05) is 4.90 Å². The zero-order valence-electron chi connectivity index (χ0n) is 11.0. The van der Waals surface area contributed by atoms with Gasteiger partial charge in [-0.05, 0) is 12.3 Å². The van der Waals surface area contributed by atoms with Crippen LogP contribution in [0.3, 0.4) is 0 Å². The summed E-state index contributed by atoms with van der Waals surface area (Å²) >= 11 is 0. The summed E-state index contributed by atoms with van der Waals surface area (Å²) in [5, 5.41) is 3.46. The molecule has 18 heavy (non-hydrogen) atoms. The van der Waals surface area contributed by atoms with E-state index in [4.69, 9.17) is 0 Å². The van der Waals surface area contributed by atoms with Gasteiger partial charge in [0.15, 0.2) is 0 Å². The zero-order chi connectivity index (χ0) is 13.0. The first kappa shape index (κ1) is 13.0. The smallest absolute Gasteiger partial charge is 0.274 e. The Balaban J connectivity index is 1.98. The van der Waals surface area contributed by atoms with Gasteiger partial charge in [-0.1, -0.05) is 13.8 Å². The molecule has 2 heterocycles. The second kappa shape index (κ2) is 5.91. The number of amides is 1. The highest BCUT2D eigenvalue weighted by Gasteiger charge is 2.25. The number of aromatic nitrogens is 2. The highest BCUT2D eigenvalue weighted by atomic mass is 16.2. The molecule has 5 heteroatoms. The Kier molecular flexibility index (Phi) is 4.25. The van der Waals surface area contributed by atoms with Gasteiger partial charge < -0.3 is 10.2 Å². The van der Waals surface area contributed by atoms with E-state index < -0.39 is 0 Å². The Morgan fingerprint density at radius 3 is 3.06 bits per heavy atom. The van der Waals surface area contributed by atoms with Crippen molar-refractivity contribution in [3.8, 4) is 0 Å². The van der Waals surface area contributed by atoms with E-state index in [0.717, 1.165) is 26.1 Å². The van der Waals surface area contributed by atoms with Gasteiger partial charge >= 0.3 is 0 Å². The quantitative estimate of drug-likeness (QED) is 0.865. The van der Waals surface area contributed by atoms with Crippen molar-refractivity contribution in [2.45, 2.75) is 26.3 Å². The molecule has 0 aliphatic carbocycles. The first-order chi connectivity index (χ1) is 8.66. The Morgan fingerprint density at radius 2 is 2.39 bits per heavy atom. The Morgan fingerprint density at radius 1 is 1.56 bits per heavy atom. The maximum atomic E-state index is 12.2. The number of hydrogen-bond acceptors (Lipinski definition) is 4. The van der Waals surface area contributed by atoms with Crippen LogP contribution in [-0.2, 0) is 0 Å². The van der Waals surface area contributed by atoms with Crippen LogP contribution in [0.15, 0.2) is 18.6 Å². The summed E-state index contributed by atoms with van der Waals surface area (Å²) in [5.74, 6) is 0.618. The van der Waals surface area contributed by atoms with Crippen molar-refractivity contribution in [2.75, 3.05) is 19.6 Å². The van der Waals surface area contributed by atoms with Crippen LogP contribution in [0.25, 0.3) is 0 Å². The minimum Gasteiger partial charge on any atom is -0.334 e. The van der Waals surface area contributed by atoms with Gasteiger partial charge in [0.1, 0.15) is 5.69 Å². The van der Waals surface area contributed by atoms with Crippen LogP contribution in [0.2, 0.25) is 0 Å². The van der Waals surface area contributed by atoms with Crippen LogP contribution >= 0.6 is 0 Å². The van der Waals surface area contributed by atoms with Gasteiger partial charge in [-0.2, -0.15) is 0 Å². The average Bonchev–Trinajstić information content (AvgIpc) is 2.38. The summed E-state index contributed by atoms with van der Waals surface area (Å²) in [6.45, 7) is 6.75. The van der Waals surface area contributed by atoms with Crippen molar-refractivity contribution in [3.05, 3.63) is 24.3 Å². The molecule has 1 aromatic heterocycles. The van der Waals surface area contributed by atoms with E-state index in [1.165, 1.54) is 6.20 Å². The van der Waals surface area contributed by atoms with E-state index in [9.17, 15) is 4.79 Å². The van der Waals surface area contributed by atoms with Gasteiger partial charge in [-0.15, -0.1) is 0 Å². The third-order valence-corrected chi connectivity index (χ3v) is 3.08. The van der Waals surface area contributed by atoms with E-state index in [0.29, 0.717) is 17.7 Å². The molecule has 98 valence electrons. The third-order valence-electron chi connectivity index (χ3n) is 3.08. The number of rotatable bonds is 3. The lowest BCUT2D eigenvalue weighted by atomic mass is 10.0. The molecule has 0 spiro atoms. The minimum absolute atomic E-state index is 0.0154. The summed E-state index contributed by atoms with van der Waals surface area (Å²) in [4.78, 5) is 22.1. The molecule has 1 saturated heterocycles. The van der Waals surface area contributed by atoms with E-state index in [2.05, 4.69) is 29.1 Å². The van der Waals surface area contributed by atoms with E-state index in [1.54, 1.807) is 12.4 Å². The number of hydrogen-bond donors (Lipinski definition) is 1. The van der Waals surface area contributed by atoms with Crippen molar-refractivity contribution in [2.24, 2.45) is 5.92 Å². The van der Waals surface area contributed by atoms with E-state index >= 15 is 0 Å². The van der Waals surface area contributed by atoms with Crippen molar-refractivity contribution < 1.29 is 4.79 Å². The van der Waals surface area contributed by atoms with Crippen molar-refractivity contribution >= 4 is 5.91 Å². The molecular formula is C13H20N4O. The van der Waals surface area contributed by atoms with Crippen LogP contribution in [0, 0.1) is 5.92 Å². The predicted octanol–water partition coefficient (Wildman–Crippen LogP) is 0.937. The maximum Gasteiger partial charge on any atom is 0.274 e. The van der Waals surface area contributed by atoms with Gasteiger partial charge in [-0.25, -0.2) is 4.98 Å². The van der Waals surface area contributed by atoms with Crippen molar-refractivity contribution in [1.82, 2.24) is 20.2 Å². The molecule has 1 atom stereocenters. The fraction of sp³-hybridized carbons (Fsp3) is 0.615. The molecule has 0 bridgehead atoms. The molecule has 1 aliphatic heterocycles. The first-order valence-electron chi connectivity index (χ1n) is 6.45. The number of carbonyl (C=O) groups is 1. The van der Waals surface area contributed by atoms with Crippen LogP contribution in [0.5, 0.6) is 0 Å². The zero-order valence-corrected chi connectivity index (χ0v) is 11.0. The minimum atomic E-state index is -0.0154. The largest absolute Gasteiger partial charge is 0.334 e. The van der Waals surface area contributed by atoms with Crippen LogP contribution in [0.4, 0.5) is 0 Å². The van der Waals surface area contributed by atoms with Crippen molar-refractivity contribution in [1.29, 1.82) is 0 Å². The molecule has 1 N–H and O–H groups in total. The molecule has 0 radical (unpaired) electrons. The summed E-state index contributed by atoms with van der Waals surface area (Å²) in [5.41, 5.74) is 0.433. The molecule has 0 aromatic carbocycles. The molecule has 1 fully saturated rings. The number of nitrogens with one attached hydrogen (secondary N) is 1. The highest BCUT2D eigenvalue weighted by Crippen LogP contribution is 2.11. The van der Waals surface area contributed by atoms with Crippen molar-refractivity contribution in [3.63, 3.8) is 0 Å². The molecule has 5 nitrogen and oxygen atoms in total. The number of piperazine rings is 1.